The third kappa shape index (κ3) is 4.01. The normalized spacial score (nSPS) is 15.0. The topological polar surface area (TPSA) is 75.1 Å². The monoisotopic (exact) mass is 548 g/mol. The van der Waals surface area contributed by atoms with Gasteiger partial charge >= 0.3 is 0 Å². The second kappa shape index (κ2) is 9.89. The first-order valence-electron chi connectivity index (χ1n) is 13.9. The van der Waals surface area contributed by atoms with E-state index in [9.17, 15) is 4.79 Å². The Bertz CT molecular complexity index is 1880. The van der Waals surface area contributed by atoms with E-state index in [1.807, 2.05) is 30.3 Å². The molecule has 2 aliphatic rings. The van der Waals surface area contributed by atoms with Gasteiger partial charge in [-0.15, -0.1) is 5.10 Å². The van der Waals surface area contributed by atoms with Gasteiger partial charge in [0.2, 0.25) is 0 Å². The summed E-state index contributed by atoms with van der Waals surface area (Å²) in [5.74, 6) is 2.31. The summed E-state index contributed by atoms with van der Waals surface area (Å²) in [6.07, 6.45) is 9.00. The number of hydrogen-bond acceptors (Lipinski definition) is 7. The van der Waals surface area contributed by atoms with Gasteiger partial charge in [0.25, 0.3) is 0 Å². The minimum Gasteiger partial charge on any atom is -0.289 e. The predicted octanol–water partition coefficient (Wildman–Crippen LogP) is 7.62. The lowest BCUT2D eigenvalue weighted by Gasteiger charge is -2.28. The summed E-state index contributed by atoms with van der Waals surface area (Å²) in [5, 5.41) is 8.37. The second-order valence-electron chi connectivity index (χ2n) is 10.6. The number of ketones is 1. The molecule has 0 atom stereocenters. The van der Waals surface area contributed by atoms with E-state index in [0.717, 1.165) is 67.7 Å². The highest BCUT2D eigenvalue weighted by Gasteiger charge is 2.39. The first kappa shape index (κ1) is 25.5. The van der Waals surface area contributed by atoms with Gasteiger partial charge in [-0.05, 0) is 92.5 Å². The summed E-state index contributed by atoms with van der Waals surface area (Å²) in [6.45, 7) is 8.48. The number of carbonyl (C=O) groups is 1. The zero-order valence-corrected chi connectivity index (χ0v) is 23.8. The van der Waals surface area contributed by atoms with Crippen LogP contribution in [0, 0.1) is 27.7 Å². The molecule has 0 saturated heterocycles. The number of fused-ring (bicyclic) bond motifs is 3. The van der Waals surface area contributed by atoms with E-state index in [-0.39, 0.29) is 5.78 Å². The van der Waals surface area contributed by atoms with Gasteiger partial charge in [0.15, 0.2) is 17.4 Å². The summed E-state index contributed by atoms with van der Waals surface area (Å²) in [7, 11) is 0. The van der Waals surface area contributed by atoms with Crippen LogP contribution < -0.4 is 9.80 Å². The fourth-order valence-corrected chi connectivity index (χ4v) is 5.88. The molecule has 1 aliphatic heterocycles. The minimum absolute atomic E-state index is 0.0765. The zero-order chi connectivity index (χ0) is 29.0. The van der Waals surface area contributed by atoms with Crippen molar-refractivity contribution >= 4 is 45.4 Å². The molecule has 0 fully saturated rings. The van der Waals surface area contributed by atoms with E-state index in [1.165, 1.54) is 0 Å². The van der Waals surface area contributed by atoms with Crippen LogP contribution in [0.4, 0.5) is 23.0 Å². The van der Waals surface area contributed by atoms with Crippen LogP contribution in [0.1, 0.15) is 38.3 Å². The molecule has 42 heavy (non-hydrogen) atoms. The first-order valence-corrected chi connectivity index (χ1v) is 13.9. The zero-order valence-electron chi connectivity index (χ0n) is 23.8. The Morgan fingerprint density at radius 2 is 1.19 bits per heavy atom. The Morgan fingerprint density at radius 1 is 0.643 bits per heavy atom. The molecular formula is C35H28N6O. The molecule has 0 N–H and O–H groups in total. The Kier molecular flexibility index (Phi) is 6.01. The number of hydrogen-bond donors (Lipinski definition) is 0. The first-order chi connectivity index (χ1) is 20.4. The molecule has 3 heterocycles. The van der Waals surface area contributed by atoms with Gasteiger partial charge in [-0.25, -0.2) is 9.97 Å². The quantitative estimate of drug-likeness (QED) is 0.230. The fourth-order valence-electron chi connectivity index (χ4n) is 5.88. The predicted molar refractivity (Wildman–Crippen MR) is 167 cm³/mol. The van der Waals surface area contributed by atoms with Gasteiger partial charge in [-0.3, -0.25) is 14.6 Å². The van der Waals surface area contributed by atoms with E-state index >= 15 is 0 Å². The van der Waals surface area contributed by atoms with Gasteiger partial charge < -0.3 is 0 Å². The summed E-state index contributed by atoms with van der Waals surface area (Å²) in [6, 6.07) is 22.3. The van der Waals surface area contributed by atoms with Crippen LogP contribution in [0.15, 0.2) is 103 Å². The molecule has 204 valence electrons. The van der Waals surface area contributed by atoms with Crippen molar-refractivity contribution in [3.63, 3.8) is 0 Å². The SMILES string of the molecule is Cc1cccc(C)c1N1C(=C/C=C2/C=CC(=O)c3ccnnc32)N(c2c(C)cccc2C)c2nc3ccccc3nc21. The van der Waals surface area contributed by atoms with Gasteiger partial charge in [-0.2, -0.15) is 5.10 Å². The van der Waals surface area contributed by atoms with Crippen molar-refractivity contribution in [3.05, 3.63) is 137 Å². The van der Waals surface area contributed by atoms with Crippen molar-refractivity contribution in [1.29, 1.82) is 0 Å². The molecule has 5 aromatic rings. The lowest BCUT2D eigenvalue weighted by Crippen LogP contribution is -2.24. The third-order valence-corrected chi connectivity index (χ3v) is 7.83. The smallest absolute Gasteiger partial charge is 0.188 e. The number of rotatable bonds is 3. The molecule has 0 bridgehead atoms. The maximum absolute atomic E-state index is 12.5. The number of aromatic nitrogens is 4. The average Bonchev–Trinajstić information content (AvgIpc) is 3.28. The van der Waals surface area contributed by atoms with Crippen molar-refractivity contribution in [2.75, 3.05) is 9.80 Å². The third-order valence-electron chi connectivity index (χ3n) is 7.83. The molecule has 0 radical (unpaired) electrons. The maximum atomic E-state index is 12.5. The molecule has 1 aliphatic carbocycles. The van der Waals surface area contributed by atoms with Gasteiger partial charge in [0, 0.05) is 5.57 Å². The summed E-state index contributed by atoms with van der Waals surface area (Å²) < 4.78 is 0. The number of allylic oxidation sites excluding steroid dienone is 5. The van der Waals surface area contributed by atoms with Crippen LogP contribution in [-0.4, -0.2) is 25.9 Å². The number of aryl methyl sites for hydroxylation is 4. The Morgan fingerprint density at radius 3 is 1.74 bits per heavy atom. The number of benzene rings is 3. The van der Waals surface area contributed by atoms with Crippen molar-refractivity contribution < 1.29 is 4.79 Å². The molecular weight excluding hydrogens is 520 g/mol. The highest BCUT2D eigenvalue weighted by Crippen LogP contribution is 2.51. The van der Waals surface area contributed by atoms with Crippen LogP contribution in [0.25, 0.3) is 16.6 Å². The Labute approximate surface area is 244 Å². The number of carbonyl (C=O) groups excluding carboxylic acids is 1. The van der Waals surface area contributed by atoms with Crippen LogP contribution in [0.5, 0.6) is 0 Å². The maximum Gasteiger partial charge on any atom is 0.188 e. The minimum atomic E-state index is -0.0765. The van der Waals surface area contributed by atoms with Gasteiger partial charge in [-0.1, -0.05) is 48.5 Å². The van der Waals surface area contributed by atoms with Gasteiger partial charge in [0.05, 0.1) is 34.2 Å². The number of anilines is 4. The molecule has 0 amide bonds. The molecule has 7 rings (SSSR count). The van der Waals surface area contributed by atoms with E-state index in [0.29, 0.717) is 11.3 Å². The lowest BCUT2D eigenvalue weighted by atomic mass is 9.97. The van der Waals surface area contributed by atoms with Crippen molar-refractivity contribution in [1.82, 2.24) is 20.2 Å². The van der Waals surface area contributed by atoms with Crippen molar-refractivity contribution in [2.45, 2.75) is 27.7 Å². The van der Waals surface area contributed by atoms with Crippen LogP contribution in [-0.2, 0) is 0 Å². The van der Waals surface area contributed by atoms with Crippen molar-refractivity contribution in [2.24, 2.45) is 0 Å². The molecule has 0 unspecified atom stereocenters. The Hall–Kier alpha value is -5.43. The highest BCUT2D eigenvalue weighted by molar-refractivity contribution is 6.11. The molecule has 0 spiro atoms. The van der Waals surface area contributed by atoms with Crippen LogP contribution >= 0.6 is 0 Å². The molecule has 3 aromatic carbocycles. The summed E-state index contributed by atoms with van der Waals surface area (Å²) in [4.78, 5) is 27.4. The van der Waals surface area contributed by atoms with Crippen LogP contribution in [0.2, 0.25) is 0 Å². The molecule has 7 nitrogen and oxygen atoms in total. The molecule has 7 heteroatoms. The van der Waals surface area contributed by atoms with E-state index in [4.69, 9.17) is 9.97 Å². The standard InChI is InChI=1S/C35H28N6O/c1-21-9-7-10-22(2)32(21)40-30(18-16-25-15-17-29(42)26-19-20-36-39-31(25)26)41(33-23(3)11-8-12-24(33)4)35-34(40)37-27-13-5-6-14-28(27)38-35/h5-20H,1-4H3/b25-16-. The fraction of sp³-hybridized carbons (Fsp3) is 0.114. The van der Waals surface area contributed by atoms with E-state index in [1.54, 1.807) is 24.4 Å². The molecule has 2 aromatic heterocycles. The average molecular weight is 549 g/mol. The summed E-state index contributed by atoms with van der Waals surface area (Å²) in [5.41, 5.74) is 10.2. The Balaban J connectivity index is 1.55. The second-order valence-corrected chi connectivity index (χ2v) is 10.6. The van der Waals surface area contributed by atoms with Crippen molar-refractivity contribution in [3.8, 4) is 0 Å². The largest absolute Gasteiger partial charge is 0.289 e. The van der Waals surface area contributed by atoms with Gasteiger partial charge in [0.1, 0.15) is 11.5 Å². The van der Waals surface area contributed by atoms with E-state index < -0.39 is 0 Å². The highest BCUT2D eigenvalue weighted by atomic mass is 16.1. The number of nitrogens with zero attached hydrogens (tertiary/aromatic N) is 6. The summed E-state index contributed by atoms with van der Waals surface area (Å²) >= 11 is 0. The van der Waals surface area contributed by atoms with Crippen LogP contribution in [0.3, 0.4) is 0 Å². The lowest BCUT2D eigenvalue weighted by molar-refractivity contribution is 0.104. The van der Waals surface area contributed by atoms with E-state index in [2.05, 4.69) is 90.2 Å². The molecule has 0 saturated carbocycles. The number of para-hydroxylation sites is 4.